The van der Waals surface area contributed by atoms with Gasteiger partial charge in [0.1, 0.15) is 5.78 Å². The maximum absolute atomic E-state index is 12.3. The van der Waals surface area contributed by atoms with Crippen LogP contribution >= 0.6 is 0 Å². The Morgan fingerprint density at radius 3 is 2.00 bits per heavy atom. The van der Waals surface area contributed by atoms with E-state index in [4.69, 9.17) is 0 Å². The highest BCUT2D eigenvalue weighted by molar-refractivity contribution is 7.93. The quantitative estimate of drug-likeness (QED) is 0.777. The lowest BCUT2D eigenvalue weighted by molar-refractivity contribution is -0.127. The van der Waals surface area contributed by atoms with Crippen molar-refractivity contribution in [1.29, 1.82) is 0 Å². The van der Waals surface area contributed by atoms with Gasteiger partial charge in [-0.25, -0.2) is 8.42 Å². The highest BCUT2D eigenvalue weighted by Gasteiger charge is 2.48. The number of carbonyl (C=O) groups is 1. The predicted octanol–water partition coefficient (Wildman–Crippen LogP) is 2.35. The minimum absolute atomic E-state index is 0.0147. The summed E-state index contributed by atoms with van der Waals surface area (Å²) in [5, 5.41) is -0.436. The van der Waals surface area contributed by atoms with Gasteiger partial charge in [-0.15, -0.1) is 0 Å². The molecular weight excluding hydrogens is 236 g/mol. The van der Waals surface area contributed by atoms with Gasteiger partial charge in [0.05, 0.1) is 10.5 Å². The zero-order valence-electron chi connectivity index (χ0n) is 10.7. The third-order valence-electron chi connectivity index (χ3n) is 4.63. The minimum atomic E-state index is -2.89. The molecule has 0 amide bonds. The number of Topliss-reactive ketones (excluding diaryl/α,β-unsaturated/α-hetero) is 1. The van der Waals surface area contributed by atoms with Gasteiger partial charge in [-0.05, 0) is 38.5 Å². The fourth-order valence-electron chi connectivity index (χ4n) is 3.46. The molecule has 2 heterocycles. The van der Waals surface area contributed by atoms with Crippen molar-refractivity contribution in [2.24, 2.45) is 11.8 Å². The van der Waals surface area contributed by atoms with E-state index in [1.54, 1.807) is 0 Å². The molecule has 2 unspecified atom stereocenters. The molecule has 98 valence electrons. The largest absolute Gasteiger partial charge is 0.299 e. The van der Waals surface area contributed by atoms with E-state index in [1.165, 1.54) is 0 Å². The lowest BCUT2D eigenvalue weighted by Crippen LogP contribution is -2.38. The van der Waals surface area contributed by atoms with Crippen LogP contribution in [0.5, 0.6) is 0 Å². The maximum atomic E-state index is 12.3. The van der Waals surface area contributed by atoms with Crippen LogP contribution in [0.15, 0.2) is 0 Å². The summed E-state index contributed by atoms with van der Waals surface area (Å²) < 4.78 is 23.9. The van der Waals surface area contributed by atoms with Crippen LogP contribution in [0.2, 0.25) is 0 Å². The Kier molecular flexibility index (Phi) is 3.62. The van der Waals surface area contributed by atoms with Crippen molar-refractivity contribution in [3.05, 3.63) is 0 Å². The summed E-state index contributed by atoms with van der Waals surface area (Å²) in [5.41, 5.74) is 0. The summed E-state index contributed by atoms with van der Waals surface area (Å²) in [6, 6.07) is 0. The lowest BCUT2D eigenvalue weighted by Gasteiger charge is -2.29. The van der Waals surface area contributed by atoms with Gasteiger partial charge in [-0.3, -0.25) is 4.79 Å². The standard InChI is InChI=1S/C13H22O3S/c1-3-9(4-2)13(14)10-7-11-5-6-12(8-10)17(11,15)16/h9-12H,3-8H2,1-2H3. The second-order valence-corrected chi connectivity index (χ2v) is 8.01. The maximum Gasteiger partial charge on any atom is 0.156 e. The van der Waals surface area contributed by atoms with Gasteiger partial charge in [0.2, 0.25) is 0 Å². The zero-order chi connectivity index (χ0) is 12.6. The Balaban J connectivity index is 2.10. The molecule has 0 aromatic heterocycles. The Bertz CT molecular complexity index is 375. The van der Waals surface area contributed by atoms with Crippen LogP contribution < -0.4 is 0 Å². The average molecular weight is 258 g/mol. The summed E-state index contributed by atoms with van der Waals surface area (Å²) in [4.78, 5) is 12.3. The van der Waals surface area contributed by atoms with E-state index in [1.807, 2.05) is 13.8 Å². The van der Waals surface area contributed by atoms with E-state index in [0.29, 0.717) is 18.6 Å². The third kappa shape index (κ3) is 2.16. The number of rotatable bonds is 4. The van der Waals surface area contributed by atoms with Gasteiger partial charge in [-0.1, -0.05) is 13.8 Å². The fourth-order valence-corrected chi connectivity index (χ4v) is 5.94. The molecule has 2 saturated heterocycles. The van der Waals surface area contributed by atoms with Gasteiger partial charge in [0, 0.05) is 11.8 Å². The first-order valence-electron chi connectivity index (χ1n) is 6.77. The van der Waals surface area contributed by atoms with Crippen LogP contribution in [0.4, 0.5) is 0 Å². The summed E-state index contributed by atoms with van der Waals surface area (Å²) in [6.45, 7) is 4.08. The first kappa shape index (κ1) is 13.1. The smallest absolute Gasteiger partial charge is 0.156 e. The molecule has 0 spiro atoms. The molecule has 2 atom stereocenters. The first-order valence-corrected chi connectivity index (χ1v) is 8.38. The van der Waals surface area contributed by atoms with Crippen molar-refractivity contribution in [3.8, 4) is 0 Å². The SMILES string of the molecule is CCC(CC)C(=O)C1CC2CCC(C1)S2(=O)=O. The van der Waals surface area contributed by atoms with Gasteiger partial charge >= 0.3 is 0 Å². The van der Waals surface area contributed by atoms with E-state index in [-0.39, 0.29) is 22.3 Å². The van der Waals surface area contributed by atoms with E-state index >= 15 is 0 Å². The van der Waals surface area contributed by atoms with Crippen molar-refractivity contribution in [3.63, 3.8) is 0 Å². The van der Waals surface area contributed by atoms with Gasteiger partial charge in [0.25, 0.3) is 0 Å². The molecule has 0 aliphatic carbocycles. The molecule has 0 aromatic carbocycles. The number of fused-ring (bicyclic) bond motifs is 2. The normalized spacial score (nSPS) is 35.1. The molecule has 2 aliphatic rings. The molecule has 0 radical (unpaired) electrons. The fraction of sp³-hybridized carbons (Fsp3) is 0.923. The molecule has 3 nitrogen and oxygen atoms in total. The van der Waals surface area contributed by atoms with E-state index in [2.05, 4.69) is 0 Å². The topological polar surface area (TPSA) is 51.2 Å². The van der Waals surface area contributed by atoms with Crippen LogP contribution in [-0.2, 0) is 14.6 Å². The van der Waals surface area contributed by atoms with Crippen molar-refractivity contribution in [1.82, 2.24) is 0 Å². The summed E-state index contributed by atoms with van der Waals surface area (Å²) >= 11 is 0. The van der Waals surface area contributed by atoms with Crippen LogP contribution in [0.25, 0.3) is 0 Å². The molecule has 17 heavy (non-hydrogen) atoms. The zero-order valence-corrected chi connectivity index (χ0v) is 11.5. The monoisotopic (exact) mass is 258 g/mol. The first-order chi connectivity index (χ1) is 8.00. The molecular formula is C13H22O3S. The van der Waals surface area contributed by atoms with Crippen molar-refractivity contribution >= 4 is 15.6 Å². The van der Waals surface area contributed by atoms with E-state index in [9.17, 15) is 13.2 Å². The molecule has 2 aliphatic heterocycles. The molecule has 2 bridgehead atoms. The molecule has 2 fully saturated rings. The third-order valence-corrected chi connectivity index (χ3v) is 7.34. The summed E-state index contributed by atoms with van der Waals surface area (Å²) in [6.07, 6.45) is 4.50. The Morgan fingerprint density at radius 1 is 1.12 bits per heavy atom. The molecule has 0 saturated carbocycles. The van der Waals surface area contributed by atoms with Gasteiger partial charge in [-0.2, -0.15) is 0 Å². The van der Waals surface area contributed by atoms with Crippen LogP contribution in [-0.4, -0.2) is 24.7 Å². The summed E-state index contributed by atoms with van der Waals surface area (Å²) in [5.74, 6) is 0.475. The van der Waals surface area contributed by atoms with Crippen LogP contribution in [0.3, 0.4) is 0 Å². The van der Waals surface area contributed by atoms with Crippen molar-refractivity contribution < 1.29 is 13.2 Å². The van der Waals surface area contributed by atoms with Crippen LogP contribution in [0.1, 0.15) is 52.4 Å². The van der Waals surface area contributed by atoms with Gasteiger partial charge in [0.15, 0.2) is 9.84 Å². The highest BCUT2D eigenvalue weighted by atomic mass is 32.2. The molecule has 2 rings (SSSR count). The number of ketones is 1. The lowest BCUT2D eigenvalue weighted by atomic mass is 9.84. The molecule has 4 heteroatoms. The van der Waals surface area contributed by atoms with Crippen LogP contribution in [0, 0.1) is 11.8 Å². The Morgan fingerprint density at radius 2 is 1.59 bits per heavy atom. The predicted molar refractivity (Wildman–Crippen MR) is 67.5 cm³/mol. The number of hydrogen-bond acceptors (Lipinski definition) is 3. The number of carbonyl (C=O) groups excluding carboxylic acids is 1. The molecule has 0 aromatic rings. The molecule has 0 N–H and O–H groups in total. The van der Waals surface area contributed by atoms with E-state index < -0.39 is 9.84 Å². The Labute approximate surface area is 104 Å². The van der Waals surface area contributed by atoms with Crippen molar-refractivity contribution in [2.75, 3.05) is 0 Å². The average Bonchev–Trinajstić information content (AvgIpc) is 2.51. The van der Waals surface area contributed by atoms with E-state index in [0.717, 1.165) is 25.7 Å². The highest BCUT2D eigenvalue weighted by Crippen LogP contribution is 2.42. The Hall–Kier alpha value is -0.380. The minimum Gasteiger partial charge on any atom is -0.299 e. The second kappa shape index (κ2) is 4.71. The van der Waals surface area contributed by atoms with Gasteiger partial charge < -0.3 is 0 Å². The second-order valence-electron chi connectivity index (χ2n) is 5.49. The van der Waals surface area contributed by atoms with Crippen molar-refractivity contribution in [2.45, 2.75) is 62.9 Å². The summed E-state index contributed by atoms with van der Waals surface area (Å²) in [7, 11) is -2.89. The number of sulfone groups is 1. The number of hydrogen-bond donors (Lipinski definition) is 0.